The van der Waals surface area contributed by atoms with Crippen LogP contribution in [0.4, 0.5) is 0 Å². The van der Waals surface area contributed by atoms with E-state index in [9.17, 15) is 0 Å². The molecule has 0 saturated heterocycles. The Hall–Kier alpha value is -7.13. The molecule has 11 aromatic rings. The Morgan fingerprint density at radius 2 is 1.09 bits per heavy atom. The summed E-state index contributed by atoms with van der Waals surface area (Å²) in [7, 11) is 0. The van der Waals surface area contributed by atoms with E-state index in [4.69, 9.17) is 4.98 Å². The van der Waals surface area contributed by atoms with Crippen LogP contribution < -0.4 is 0 Å². The Balaban J connectivity index is 0.00000456. The van der Waals surface area contributed by atoms with Crippen LogP contribution in [-0.4, -0.2) is 18.7 Å². The van der Waals surface area contributed by atoms with E-state index in [1.54, 1.807) is 0 Å². The van der Waals surface area contributed by atoms with Gasteiger partial charge in [0.1, 0.15) is 5.82 Å². The van der Waals surface area contributed by atoms with Crippen LogP contribution in [0.2, 0.25) is 0 Å². The van der Waals surface area contributed by atoms with Crippen molar-refractivity contribution >= 4 is 32.8 Å². The predicted octanol–water partition coefficient (Wildman–Crippen LogP) is 14.3. The fraction of sp³-hybridized carbons (Fsp3) is 0.0847. The fourth-order valence-electron chi connectivity index (χ4n) is 10.3. The van der Waals surface area contributed by atoms with Gasteiger partial charge in [0, 0.05) is 56.0 Å². The van der Waals surface area contributed by atoms with Gasteiger partial charge in [-0.2, -0.15) is 30.3 Å². The Morgan fingerprint density at radius 1 is 0.500 bits per heavy atom. The van der Waals surface area contributed by atoms with Gasteiger partial charge < -0.3 is 4.57 Å². The molecular formula is C59H43N4Pt-. The van der Waals surface area contributed by atoms with Gasteiger partial charge in [-0.15, -0.1) is 22.6 Å². The van der Waals surface area contributed by atoms with E-state index in [1.165, 1.54) is 38.9 Å². The summed E-state index contributed by atoms with van der Waals surface area (Å²) in [5.74, 6) is 0.844. The Kier molecular flexibility index (Phi) is 9.49. The van der Waals surface area contributed by atoms with Crippen molar-refractivity contribution in [1.82, 2.24) is 18.7 Å². The smallest absolute Gasteiger partial charge is 0.188 e. The van der Waals surface area contributed by atoms with Crippen molar-refractivity contribution < 1.29 is 21.1 Å². The minimum atomic E-state index is -0.731. The molecule has 5 heteroatoms. The summed E-state index contributed by atoms with van der Waals surface area (Å²) in [6, 6.07) is 78.2. The topological polar surface area (TPSA) is 27.7 Å². The van der Waals surface area contributed by atoms with Crippen molar-refractivity contribution in [2.24, 2.45) is 0 Å². The molecule has 0 N–H and O–H groups in total. The van der Waals surface area contributed by atoms with Gasteiger partial charge in [-0.05, 0) is 101 Å². The first-order chi connectivity index (χ1) is 30.9. The summed E-state index contributed by atoms with van der Waals surface area (Å²) in [5.41, 5.74) is 16.2. The predicted molar refractivity (Wildman–Crippen MR) is 259 cm³/mol. The number of rotatable bonds is 6. The van der Waals surface area contributed by atoms with Gasteiger partial charge in [-0.3, -0.25) is 0 Å². The summed E-state index contributed by atoms with van der Waals surface area (Å²) < 4.78 is 6.97. The second-order valence-corrected chi connectivity index (χ2v) is 17.6. The average Bonchev–Trinajstić information content (AvgIpc) is 3.99. The first-order valence-corrected chi connectivity index (χ1v) is 21.7. The van der Waals surface area contributed by atoms with E-state index < -0.39 is 5.41 Å². The van der Waals surface area contributed by atoms with E-state index in [0.717, 1.165) is 61.1 Å². The third-order valence-corrected chi connectivity index (χ3v) is 13.0. The maximum atomic E-state index is 5.11. The van der Waals surface area contributed by atoms with Crippen molar-refractivity contribution in [3.63, 3.8) is 0 Å². The number of pyridine rings is 1. The third kappa shape index (κ3) is 6.00. The number of benzene rings is 8. The molecule has 0 unspecified atom stereocenters. The zero-order chi connectivity index (χ0) is 42.3. The van der Waals surface area contributed by atoms with Gasteiger partial charge in [-0.1, -0.05) is 133 Å². The quantitative estimate of drug-likeness (QED) is 0.153. The molecule has 0 atom stereocenters. The second kappa shape index (κ2) is 15.3. The van der Waals surface area contributed by atoms with Crippen LogP contribution in [0.3, 0.4) is 0 Å². The molecule has 0 aliphatic heterocycles. The molecule has 0 radical (unpaired) electrons. The maximum absolute atomic E-state index is 5.11. The van der Waals surface area contributed by atoms with E-state index in [0.29, 0.717) is 0 Å². The van der Waals surface area contributed by atoms with Crippen LogP contribution >= 0.6 is 0 Å². The molecule has 3 aromatic heterocycles. The Labute approximate surface area is 388 Å². The molecule has 1 aliphatic carbocycles. The third-order valence-electron chi connectivity index (χ3n) is 13.0. The molecule has 0 amide bonds. The van der Waals surface area contributed by atoms with Crippen LogP contribution in [0.25, 0.3) is 77.7 Å². The zero-order valence-corrected chi connectivity index (χ0v) is 38.0. The molecule has 310 valence electrons. The molecule has 1 aliphatic rings. The molecule has 4 nitrogen and oxygen atoms in total. The number of aromatic nitrogens is 4. The summed E-state index contributed by atoms with van der Waals surface area (Å²) in [5, 5.41) is 2.29. The first-order valence-electron chi connectivity index (χ1n) is 21.7. The van der Waals surface area contributed by atoms with Crippen molar-refractivity contribution in [3.05, 3.63) is 241 Å². The van der Waals surface area contributed by atoms with Gasteiger partial charge in [-0.25, -0.2) is 14.1 Å². The number of imidazole rings is 1. The molecule has 12 rings (SSSR count). The van der Waals surface area contributed by atoms with Gasteiger partial charge in [0.25, 0.3) is 0 Å². The van der Waals surface area contributed by atoms with Crippen LogP contribution in [0, 0.1) is 12.1 Å². The van der Waals surface area contributed by atoms with Crippen molar-refractivity contribution in [3.8, 4) is 44.9 Å². The van der Waals surface area contributed by atoms with Gasteiger partial charge in [0.15, 0.2) is 17.4 Å². The summed E-state index contributed by atoms with van der Waals surface area (Å²) in [6.45, 7) is 6.77. The number of nitrogens with zero attached hydrogens (tertiary/aromatic N) is 4. The Morgan fingerprint density at radius 3 is 1.81 bits per heavy atom. The van der Waals surface area contributed by atoms with E-state index in [2.05, 4.69) is 247 Å². The zero-order valence-electron chi connectivity index (χ0n) is 35.7. The number of para-hydroxylation sites is 3. The van der Waals surface area contributed by atoms with E-state index >= 15 is 0 Å². The van der Waals surface area contributed by atoms with Crippen molar-refractivity contribution in [2.45, 2.75) is 31.7 Å². The number of hydrogen-bond acceptors (Lipinski definition) is 1. The molecule has 0 fully saturated rings. The molecule has 0 spiro atoms. The molecule has 64 heavy (non-hydrogen) atoms. The average molecular weight is 1000 g/mol. The van der Waals surface area contributed by atoms with E-state index in [1.807, 2.05) is 6.20 Å². The van der Waals surface area contributed by atoms with Crippen LogP contribution in [0.1, 0.15) is 43.0 Å². The number of fused-ring (bicyclic) bond motifs is 7. The minimum absolute atomic E-state index is 0. The van der Waals surface area contributed by atoms with Gasteiger partial charge >= 0.3 is 0 Å². The standard InChI is InChI=1S/C59H43N4.Pt/c1-58(2,3)62-39-61(54-30-15-16-31-55(54)62)44-21-17-20-42(37-44)59(51-27-12-9-24-47(51)48-25-10-13-28-52(48)59)43-32-33-50-49-26-11-14-29-53(49)63(56(50)38-43)57-36-41(34-35-60-57)46-23-8-7-22-45(46)40-18-5-4-6-19-40;/h4-36,39H,1-3H3;/q-1;. The maximum Gasteiger partial charge on any atom is 0.188 e. The van der Waals surface area contributed by atoms with Crippen LogP contribution in [0.15, 0.2) is 207 Å². The fourth-order valence-corrected chi connectivity index (χ4v) is 10.3. The van der Waals surface area contributed by atoms with Crippen molar-refractivity contribution in [2.75, 3.05) is 0 Å². The molecular weight excluding hydrogens is 960 g/mol. The normalized spacial score (nSPS) is 12.9. The van der Waals surface area contributed by atoms with Gasteiger partial charge in [0.2, 0.25) is 0 Å². The number of hydrogen-bond donors (Lipinski definition) is 0. The molecule has 0 bridgehead atoms. The van der Waals surface area contributed by atoms with Gasteiger partial charge in [0.05, 0.1) is 5.54 Å². The van der Waals surface area contributed by atoms with Crippen LogP contribution in [-0.2, 0) is 32.0 Å². The van der Waals surface area contributed by atoms with Crippen LogP contribution in [0.5, 0.6) is 0 Å². The first kappa shape index (κ1) is 39.7. The van der Waals surface area contributed by atoms with E-state index in [-0.39, 0.29) is 26.6 Å². The summed E-state index contributed by atoms with van der Waals surface area (Å²) >= 11 is 0. The largest absolute Gasteiger partial charge is 0.319 e. The second-order valence-electron chi connectivity index (χ2n) is 17.6. The monoisotopic (exact) mass is 1000 g/mol. The molecule has 3 heterocycles. The molecule has 8 aromatic carbocycles. The van der Waals surface area contributed by atoms with Crippen molar-refractivity contribution in [1.29, 1.82) is 0 Å². The summed E-state index contributed by atoms with van der Waals surface area (Å²) in [4.78, 5) is 5.11. The Bertz CT molecular complexity index is 3530. The SMILES string of the molecule is CC(C)(C)n1[cH+]n(-c2[c-]c(C3(c4[c-]c5c(cc4)c4ccccc4n5-c4cc(-c5ccccc5-c5ccccc5)ccn4)c4ccccc4-c4ccccc43)ccc2)c2ccccc21.[Pt]. The summed E-state index contributed by atoms with van der Waals surface area (Å²) in [6.07, 6.45) is 4.18. The minimum Gasteiger partial charge on any atom is -0.319 e. The molecule has 0 saturated carbocycles.